The summed E-state index contributed by atoms with van der Waals surface area (Å²) < 4.78 is 4.73. The van der Waals surface area contributed by atoms with Crippen molar-refractivity contribution < 1.29 is 19.1 Å². The number of ketones is 1. The van der Waals surface area contributed by atoms with E-state index in [2.05, 4.69) is 6.07 Å². The molecule has 2 N–H and O–H groups in total. The molecule has 3 heterocycles. The Morgan fingerprint density at radius 2 is 2.15 bits per heavy atom. The van der Waals surface area contributed by atoms with Crippen molar-refractivity contribution in [1.29, 1.82) is 5.26 Å². The molecule has 0 saturated carbocycles. The lowest BCUT2D eigenvalue weighted by molar-refractivity contribution is -0.136. The van der Waals surface area contributed by atoms with Crippen LogP contribution in [0, 0.1) is 16.7 Å². The number of hydrogen-bond acceptors (Lipinski definition) is 7. The zero-order chi connectivity index (χ0) is 19.1. The first-order valence-corrected chi connectivity index (χ1v) is 8.82. The largest absolute Gasteiger partial charge is 0.465 e. The van der Waals surface area contributed by atoms with Gasteiger partial charge in [0.05, 0.1) is 24.8 Å². The van der Waals surface area contributed by atoms with Crippen LogP contribution in [0.5, 0.6) is 0 Å². The lowest BCUT2D eigenvalue weighted by Gasteiger charge is -2.32. The first-order chi connectivity index (χ1) is 12.4. The number of esters is 1. The SMILES string of the molecule is COC(=O)C1=CN2[C@H](C(N)=O)[C@H](c3ccsc3)[C@@](C#N)(C(C)=O)[C@@H]2C=C1. The molecular formula is C18H17N3O4S. The zero-order valence-electron chi connectivity index (χ0n) is 14.2. The van der Waals surface area contributed by atoms with Crippen LogP contribution in [0.1, 0.15) is 18.4 Å². The average molecular weight is 371 g/mol. The summed E-state index contributed by atoms with van der Waals surface area (Å²) in [6, 6.07) is 2.30. The number of nitrogens with zero attached hydrogens (tertiary/aromatic N) is 2. The molecule has 0 unspecified atom stereocenters. The molecule has 0 spiro atoms. The van der Waals surface area contributed by atoms with Crippen LogP contribution in [-0.2, 0) is 19.1 Å². The summed E-state index contributed by atoms with van der Waals surface area (Å²) in [4.78, 5) is 38.4. The fourth-order valence-corrected chi connectivity index (χ4v) is 4.61. The lowest BCUT2D eigenvalue weighted by atomic mass is 9.67. The minimum Gasteiger partial charge on any atom is -0.465 e. The first-order valence-electron chi connectivity index (χ1n) is 7.88. The number of Topliss-reactive ketones (excluding diaryl/α,β-unsaturated/α-hetero) is 1. The summed E-state index contributed by atoms with van der Waals surface area (Å²) in [7, 11) is 1.25. The predicted octanol–water partition coefficient (Wildman–Crippen LogP) is 1.10. The van der Waals surface area contributed by atoms with E-state index < -0.39 is 35.3 Å². The van der Waals surface area contributed by atoms with Crippen molar-refractivity contribution >= 4 is 29.0 Å². The number of methoxy groups -OCH3 is 1. The van der Waals surface area contributed by atoms with Gasteiger partial charge in [-0.3, -0.25) is 9.59 Å². The van der Waals surface area contributed by atoms with Crippen molar-refractivity contribution in [2.75, 3.05) is 7.11 Å². The van der Waals surface area contributed by atoms with Gasteiger partial charge >= 0.3 is 5.97 Å². The first kappa shape index (κ1) is 17.9. The van der Waals surface area contributed by atoms with Gasteiger partial charge in [0.2, 0.25) is 5.91 Å². The number of fused-ring (bicyclic) bond motifs is 1. The summed E-state index contributed by atoms with van der Waals surface area (Å²) in [5, 5.41) is 13.6. The molecule has 1 aromatic heterocycles. The van der Waals surface area contributed by atoms with Gasteiger partial charge in [-0.25, -0.2) is 4.79 Å². The second kappa shape index (κ2) is 6.42. The molecule has 7 nitrogen and oxygen atoms in total. The Bertz CT molecular complexity index is 867. The summed E-state index contributed by atoms with van der Waals surface area (Å²) in [5.74, 6) is -2.33. The Morgan fingerprint density at radius 3 is 2.65 bits per heavy atom. The summed E-state index contributed by atoms with van der Waals surface area (Å²) in [5.41, 5.74) is 5.09. The monoisotopic (exact) mass is 371 g/mol. The van der Waals surface area contributed by atoms with E-state index in [1.165, 1.54) is 37.6 Å². The second-order valence-electron chi connectivity index (χ2n) is 6.25. The van der Waals surface area contributed by atoms with Crippen LogP contribution in [0.4, 0.5) is 0 Å². The Labute approximate surface area is 154 Å². The second-order valence-corrected chi connectivity index (χ2v) is 7.03. The molecule has 2 aliphatic heterocycles. The van der Waals surface area contributed by atoms with Gasteiger partial charge in [0.25, 0.3) is 0 Å². The molecule has 1 amide bonds. The Balaban J connectivity index is 2.24. The molecule has 134 valence electrons. The third kappa shape index (κ3) is 2.35. The Hall–Kier alpha value is -2.92. The fraction of sp³-hybridized carbons (Fsp3) is 0.333. The van der Waals surface area contributed by atoms with Crippen LogP contribution < -0.4 is 5.73 Å². The minimum atomic E-state index is -1.49. The number of carbonyl (C=O) groups is 3. The van der Waals surface area contributed by atoms with Crippen LogP contribution in [0.15, 0.2) is 40.8 Å². The van der Waals surface area contributed by atoms with Gasteiger partial charge in [-0.05, 0) is 35.4 Å². The van der Waals surface area contributed by atoms with Gasteiger partial charge in [-0.2, -0.15) is 16.6 Å². The van der Waals surface area contributed by atoms with Crippen molar-refractivity contribution in [1.82, 2.24) is 4.90 Å². The number of nitrogens with two attached hydrogens (primary N) is 1. The molecule has 26 heavy (non-hydrogen) atoms. The van der Waals surface area contributed by atoms with Crippen LogP contribution >= 0.6 is 11.3 Å². The maximum absolute atomic E-state index is 12.7. The van der Waals surface area contributed by atoms with Crippen LogP contribution in [0.2, 0.25) is 0 Å². The smallest absolute Gasteiger partial charge is 0.339 e. The third-order valence-corrected chi connectivity index (χ3v) is 5.75. The van der Waals surface area contributed by atoms with E-state index in [1.807, 2.05) is 10.8 Å². The van der Waals surface area contributed by atoms with E-state index in [4.69, 9.17) is 10.5 Å². The van der Waals surface area contributed by atoms with Crippen molar-refractivity contribution in [2.45, 2.75) is 24.9 Å². The maximum Gasteiger partial charge on any atom is 0.339 e. The maximum atomic E-state index is 12.7. The zero-order valence-corrected chi connectivity index (χ0v) is 15.0. The topological polar surface area (TPSA) is 113 Å². The van der Waals surface area contributed by atoms with Crippen molar-refractivity contribution in [3.05, 3.63) is 46.3 Å². The minimum absolute atomic E-state index is 0.219. The summed E-state index contributed by atoms with van der Waals surface area (Å²) in [6.07, 6.45) is 4.56. The van der Waals surface area contributed by atoms with Crippen molar-refractivity contribution in [2.24, 2.45) is 11.1 Å². The normalized spacial score (nSPS) is 29.5. The molecular weight excluding hydrogens is 354 g/mol. The quantitative estimate of drug-likeness (QED) is 0.793. The average Bonchev–Trinajstić information content (AvgIpc) is 3.24. The number of carbonyl (C=O) groups excluding carboxylic acids is 3. The summed E-state index contributed by atoms with van der Waals surface area (Å²) >= 11 is 1.41. The van der Waals surface area contributed by atoms with Crippen molar-refractivity contribution in [3.63, 3.8) is 0 Å². The number of nitriles is 1. The highest BCUT2D eigenvalue weighted by Gasteiger charge is 2.64. The van der Waals surface area contributed by atoms with Gasteiger partial charge in [-0.15, -0.1) is 0 Å². The molecule has 0 aliphatic carbocycles. The van der Waals surface area contributed by atoms with E-state index >= 15 is 0 Å². The number of amides is 1. The highest BCUT2D eigenvalue weighted by atomic mass is 32.1. The lowest BCUT2D eigenvalue weighted by Crippen LogP contribution is -2.44. The number of hydrogen-bond donors (Lipinski definition) is 1. The molecule has 3 rings (SSSR count). The number of rotatable bonds is 4. The molecule has 0 bridgehead atoms. The van der Waals surface area contributed by atoms with Gasteiger partial charge in [-0.1, -0.05) is 6.08 Å². The molecule has 4 atom stereocenters. The van der Waals surface area contributed by atoms with Gasteiger partial charge in [0.15, 0.2) is 5.78 Å². The van der Waals surface area contributed by atoms with Gasteiger partial charge in [0.1, 0.15) is 11.5 Å². The van der Waals surface area contributed by atoms with E-state index in [0.717, 1.165) is 0 Å². The molecule has 1 saturated heterocycles. The summed E-state index contributed by atoms with van der Waals surface area (Å²) in [6.45, 7) is 1.34. The number of ether oxygens (including phenoxy) is 1. The highest BCUT2D eigenvalue weighted by Crippen LogP contribution is 2.53. The van der Waals surface area contributed by atoms with Crippen LogP contribution in [-0.4, -0.2) is 41.8 Å². The van der Waals surface area contributed by atoms with E-state index in [0.29, 0.717) is 5.56 Å². The van der Waals surface area contributed by atoms with Gasteiger partial charge < -0.3 is 15.4 Å². The molecule has 0 radical (unpaired) electrons. The molecule has 1 fully saturated rings. The van der Waals surface area contributed by atoms with Gasteiger partial charge in [0, 0.05) is 12.1 Å². The van der Waals surface area contributed by atoms with E-state index in [9.17, 15) is 19.6 Å². The highest BCUT2D eigenvalue weighted by molar-refractivity contribution is 7.08. The molecule has 2 aliphatic rings. The van der Waals surface area contributed by atoms with E-state index in [-0.39, 0.29) is 11.4 Å². The van der Waals surface area contributed by atoms with Crippen LogP contribution in [0.3, 0.4) is 0 Å². The standard InChI is InChI=1S/C18H17N3O4S/c1-10(22)18(9-19)13-4-3-11(17(24)25-2)7-21(13)15(16(20)23)14(18)12-5-6-26-8-12/h3-8,13-15H,1-2H3,(H2,20,23)/t13-,14-,15-,18-/m0/s1. The predicted molar refractivity (Wildman–Crippen MR) is 93.6 cm³/mol. The van der Waals surface area contributed by atoms with Crippen molar-refractivity contribution in [3.8, 4) is 6.07 Å². The molecule has 8 heteroatoms. The number of primary amides is 1. The molecule has 1 aromatic rings. The Kier molecular flexibility index (Phi) is 4.42. The molecule has 0 aromatic carbocycles. The third-order valence-electron chi connectivity index (χ3n) is 5.04. The van der Waals surface area contributed by atoms with E-state index in [1.54, 1.807) is 17.0 Å². The van der Waals surface area contributed by atoms with Crippen LogP contribution in [0.25, 0.3) is 0 Å². The number of thiophene rings is 1. The Morgan fingerprint density at radius 1 is 1.42 bits per heavy atom. The fourth-order valence-electron chi connectivity index (χ4n) is 3.91.